The number of aliphatic imine (C=N–C) groups is 1. The number of amides is 2. The number of hydrogen-bond donors (Lipinski definition) is 1. The summed E-state index contributed by atoms with van der Waals surface area (Å²) >= 11 is 7.18. The molecule has 5 nitrogen and oxygen atoms in total. The van der Waals surface area contributed by atoms with Gasteiger partial charge in [0.25, 0.3) is 5.91 Å². The van der Waals surface area contributed by atoms with Crippen molar-refractivity contribution in [2.75, 3.05) is 17.2 Å². The zero-order valence-electron chi connectivity index (χ0n) is 9.30. The molecule has 0 spiro atoms. The van der Waals surface area contributed by atoms with E-state index < -0.39 is 5.91 Å². The van der Waals surface area contributed by atoms with E-state index in [1.54, 1.807) is 24.3 Å². The molecule has 2 rings (SSSR count). The molecule has 0 aliphatic carbocycles. The maximum atomic E-state index is 11.8. The van der Waals surface area contributed by atoms with E-state index in [2.05, 4.69) is 4.99 Å². The molecule has 0 unspecified atom stereocenters. The first-order chi connectivity index (χ1) is 8.59. The zero-order chi connectivity index (χ0) is 13.1. The average Bonchev–Trinajstić information content (AvgIpc) is 2.69. The Hall–Kier alpha value is -1.53. The van der Waals surface area contributed by atoms with Crippen LogP contribution in [0.5, 0.6) is 0 Å². The molecule has 1 aromatic rings. The molecule has 7 heteroatoms. The minimum atomic E-state index is -0.457. The van der Waals surface area contributed by atoms with Gasteiger partial charge in [0.05, 0.1) is 16.5 Å². The highest BCUT2D eigenvalue weighted by molar-refractivity contribution is 8.14. The largest absolute Gasteiger partial charge is 0.369 e. The number of amidine groups is 1. The second kappa shape index (κ2) is 5.41. The number of halogens is 1. The molecular formula is C11H10ClN3O2S. The summed E-state index contributed by atoms with van der Waals surface area (Å²) in [4.78, 5) is 28.1. The number of benzene rings is 1. The maximum absolute atomic E-state index is 11.8. The van der Waals surface area contributed by atoms with Gasteiger partial charge >= 0.3 is 0 Å². The van der Waals surface area contributed by atoms with Crippen LogP contribution in [0.15, 0.2) is 29.3 Å². The smallest absolute Gasteiger partial charge is 0.254 e. The number of para-hydroxylation sites is 1. The Morgan fingerprint density at radius 1 is 1.50 bits per heavy atom. The van der Waals surface area contributed by atoms with Gasteiger partial charge in [-0.3, -0.25) is 19.5 Å². The lowest BCUT2D eigenvalue weighted by atomic mass is 10.3. The lowest BCUT2D eigenvalue weighted by molar-refractivity contribution is -0.116. The van der Waals surface area contributed by atoms with Crippen molar-refractivity contribution < 1.29 is 9.59 Å². The highest BCUT2D eigenvalue weighted by Gasteiger charge is 2.28. The quantitative estimate of drug-likeness (QED) is 0.907. The van der Waals surface area contributed by atoms with Crippen molar-refractivity contribution in [3.05, 3.63) is 29.3 Å². The Kier molecular flexibility index (Phi) is 3.88. The first kappa shape index (κ1) is 12.9. The van der Waals surface area contributed by atoms with Gasteiger partial charge in [-0.2, -0.15) is 0 Å². The first-order valence-corrected chi connectivity index (χ1v) is 6.49. The fourth-order valence-corrected chi connectivity index (χ4v) is 2.48. The van der Waals surface area contributed by atoms with Crippen molar-refractivity contribution in [1.82, 2.24) is 0 Å². The van der Waals surface area contributed by atoms with Gasteiger partial charge in [0.1, 0.15) is 6.54 Å². The summed E-state index contributed by atoms with van der Waals surface area (Å²) in [6, 6.07) is 6.98. The van der Waals surface area contributed by atoms with Crippen molar-refractivity contribution in [1.29, 1.82) is 0 Å². The van der Waals surface area contributed by atoms with E-state index in [0.717, 1.165) is 11.8 Å². The minimum absolute atomic E-state index is 0.0618. The summed E-state index contributed by atoms with van der Waals surface area (Å²) in [6.45, 7) is 0.0618. The lowest BCUT2D eigenvalue weighted by Crippen LogP contribution is -2.32. The van der Waals surface area contributed by atoms with Crippen LogP contribution in [-0.2, 0) is 9.59 Å². The third kappa shape index (κ3) is 2.65. The van der Waals surface area contributed by atoms with Crippen molar-refractivity contribution in [2.45, 2.75) is 0 Å². The molecule has 1 aromatic carbocycles. The Morgan fingerprint density at radius 3 is 2.89 bits per heavy atom. The molecule has 1 heterocycles. The van der Waals surface area contributed by atoms with Gasteiger partial charge in [-0.25, -0.2) is 0 Å². The third-order valence-electron chi connectivity index (χ3n) is 2.23. The van der Waals surface area contributed by atoms with Crippen LogP contribution in [-0.4, -0.2) is 29.3 Å². The van der Waals surface area contributed by atoms with Crippen LogP contribution in [0, 0.1) is 0 Å². The van der Waals surface area contributed by atoms with E-state index in [9.17, 15) is 9.59 Å². The summed E-state index contributed by atoms with van der Waals surface area (Å²) in [7, 11) is 0. The molecule has 0 bridgehead atoms. The van der Waals surface area contributed by atoms with Crippen molar-refractivity contribution in [3.8, 4) is 0 Å². The fraction of sp³-hybridized carbons (Fsp3) is 0.182. The molecule has 0 saturated heterocycles. The lowest BCUT2D eigenvalue weighted by Gasteiger charge is -2.18. The summed E-state index contributed by atoms with van der Waals surface area (Å²) in [5.41, 5.74) is 5.64. The van der Waals surface area contributed by atoms with E-state index in [0.29, 0.717) is 15.9 Å². The first-order valence-electron chi connectivity index (χ1n) is 5.12. The molecule has 1 aliphatic rings. The highest BCUT2D eigenvalue weighted by Crippen LogP contribution is 2.30. The average molecular weight is 284 g/mol. The third-order valence-corrected chi connectivity index (χ3v) is 3.55. The Morgan fingerprint density at radius 2 is 2.22 bits per heavy atom. The molecule has 2 N–H and O–H groups in total. The summed E-state index contributed by atoms with van der Waals surface area (Å²) in [6.07, 6.45) is 0. The normalized spacial score (nSPS) is 14.8. The van der Waals surface area contributed by atoms with Crippen molar-refractivity contribution >= 4 is 46.0 Å². The minimum Gasteiger partial charge on any atom is -0.369 e. The van der Waals surface area contributed by atoms with Crippen molar-refractivity contribution in [2.24, 2.45) is 10.7 Å². The van der Waals surface area contributed by atoms with Gasteiger partial charge in [-0.15, -0.1) is 0 Å². The van der Waals surface area contributed by atoms with E-state index in [1.807, 2.05) is 0 Å². The number of hydrogen-bond acceptors (Lipinski definition) is 4. The Bertz CT molecular complexity index is 533. The van der Waals surface area contributed by atoms with Crippen LogP contribution in [0.25, 0.3) is 0 Å². The van der Waals surface area contributed by atoms with Crippen LogP contribution in [0.4, 0.5) is 5.69 Å². The maximum Gasteiger partial charge on any atom is 0.254 e. The number of primary amides is 1. The summed E-state index contributed by atoms with van der Waals surface area (Å²) in [5, 5.41) is 0.909. The zero-order valence-corrected chi connectivity index (χ0v) is 10.9. The number of carbonyl (C=O) groups excluding carboxylic acids is 2. The molecule has 2 amide bonds. The van der Waals surface area contributed by atoms with Gasteiger partial charge in [-0.1, -0.05) is 35.5 Å². The van der Waals surface area contributed by atoms with Gasteiger partial charge in [0.2, 0.25) is 5.91 Å². The molecule has 0 atom stereocenters. The predicted molar refractivity (Wildman–Crippen MR) is 72.9 cm³/mol. The van der Waals surface area contributed by atoms with E-state index in [1.165, 1.54) is 4.90 Å². The second-order valence-electron chi connectivity index (χ2n) is 3.53. The number of anilines is 1. The number of carbonyl (C=O) groups is 2. The van der Waals surface area contributed by atoms with Gasteiger partial charge < -0.3 is 5.73 Å². The topological polar surface area (TPSA) is 75.8 Å². The number of rotatable bonds is 3. The molecular weight excluding hydrogens is 274 g/mol. The highest BCUT2D eigenvalue weighted by atomic mass is 35.5. The molecule has 0 saturated carbocycles. The molecule has 0 aromatic heterocycles. The van der Waals surface area contributed by atoms with Crippen LogP contribution in [0.2, 0.25) is 5.02 Å². The van der Waals surface area contributed by atoms with Crippen LogP contribution in [0.1, 0.15) is 0 Å². The van der Waals surface area contributed by atoms with Crippen LogP contribution < -0.4 is 10.6 Å². The molecule has 94 valence electrons. The number of nitrogens with zero attached hydrogens (tertiary/aromatic N) is 2. The molecule has 0 fully saturated rings. The van der Waals surface area contributed by atoms with E-state index in [-0.39, 0.29) is 18.2 Å². The SMILES string of the molecule is NC(=O)CSC1=NCC(=O)N1c1ccccc1Cl. The fourth-order valence-electron chi connectivity index (χ4n) is 1.50. The Labute approximate surface area is 113 Å². The van der Waals surface area contributed by atoms with E-state index in [4.69, 9.17) is 17.3 Å². The van der Waals surface area contributed by atoms with Gasteiger partial charge in [-0.05, 0) is 12.1 Å². The standard InChI is InChI=1S/C11H10ClN3O2S/c12-7-3-1-2-4-8(7)15-10(17)5-14-11(15)18-6-9(13)16/h1-4H,5-6H2,(H2,13,16). The van der Waals surface area contributed by atoms with Gasteiger partial charge in [0, 0.05) is 0 Å². The summed E-state index contributed by atoms with van der Waals surface area (Å²) < 4.78 is 0. The monoisotopic (exact) mass is 283 g/mol. The molecule has 0 radical (unpaired) electrons. The molecule has 1 aliphatic heterocycles. The van der Waals surface area contributed by atoms with E-state index >= 15 is 0 Å². The number of nitrogens with two attached hydrogens (primary N) is 1. The Balaban J connectivity index is 2.24. The van der Waals surface area contributed by atoms with Crippen LogP contribution in [0.3, 0.4) is 0 Å². The number of thioether (sulfide) groups is 1. The predicted octanol–water partition coefficient (Wildman–Crippen LogP) is 1.26. The van der Waals surface area contributed by atoms with Crippen molar-refractivity contribution in [3.63, 3.8) is 0 Å². The molecule has 18 heavy (non-hydrogen) atoms. The summed E-state index contributed by atoms with van der Waals surface area (Å²) in [5.74, 6) is -0.552. The second-order valence-corrected chi connectivity index (χ2v) is 4.88. The van der Waals surface area contributed by atoms with Gasteiger partial charge in [0.15, 0.2) is 5.17 Å². The van der Waals surface area contributed by atoms with Crippen LogP contribution >= 0.6 is 23.4 Å².